The average Bonchev–Trinajstić information content (AvgIpc) is 2.63. The Morgan fingerprint density at radius 1 is 1.50 bits per heavy atom. The Bertz CT molecular complexity index is 345. The van der Waals surface area contributed by atoms with Crippen molar-refractivity contribution in [3.63, 3.8) is 0 Å². The molecule has 1 atom stereocenters. The Labute approximate surface area is 91.8 Å². The number of hydrogen-bond donors (Lipinski definition) is 1. The number of hydrogen-bond acceptors (Lipinski definition) is 1. The number of benzene rings is 1. The van der Waals surface area contributed by atoms with Gasteiger partial charge in [0.1, 0.15) is 5.82 Å². The Balaban J connectivity index is 2.40. The lowest BCUT2D eigenvalue weighted by molar-refractivity contribution is 0.552. The molecular formula is C11H13BrFN. The van der Waals surface area contributed by atoms with E-state index in [1.54, 1.807) is 6.92 Å². The maximum Gasteiger partial charge on any atom is 0.130 e. The molecule has 1 fully saturated rings. The fourth-order valence-electron chi connectivity index (χ4n) is 1.96. The molecule has 0 radical (unpaired) electrons. The predicted octanol–water partition coefficient (Wildman–Crippen LogP) is 3.32. The third-order valence-electron chi connectivity index (χ3n) is 2.68. The van der Waals surface area contributed by atoms with E-state index in [2.05, 4.69) is 21.2 Å². The number of rotatable bonds is 1. The van der Waals surface area contributed by atoms with E-state index in [0.717, 1.165) is 29.4 Å². The van der Waals surface area contributed by atoms with Gasteiger partial charge >= 0.3 is 0 Å². The molecule has 0 aliphatic carbocycles. The molecule has 0 amide bonds. The van der Waals surface area contributed by atoms with Crippen LogP contribution in [0.1, 0.15) is 30.0 Å². The summed E-state index contributed by atoms with van der Waals surface area (Å²) in [6.07, 6.45) is 2.17. The SMILES string of the molecule is Cc1cc(Br)cc([C@@H]2CCCN2)c1F. The second kappa shape index (κ2) is 3.99. The lowest BCUT2D eigenvalue weighted by Gasteiger charge is -2.13. The van der Waals surface area contributed by atoms with Gasteiger partial charge in [-0.15, -0.1) is 0 Å². The first-order valence-corrected chi connectivity index (χ1v) is 5.66. The van der Waals surface area contributed by atoms with Gasteiger partial charge in [0.2, 0.25) is 0 Å². The van der Waals surface area contributed by atoms with E-state index in [4.69, 9.17) is 0 Å². The third kappa shape index (κ3) is 1.84. The molecule has 0 saturated carbocycles. The molecule has 1 nitrogen and oxygen atoms in total. The van der Waals surface area contributed by atoms with Crippen LogP contribution in [0.4, 0.5) is 4.39 Å². The number of nitrogens with one attached hydrogen (secondary N) is 1. The molecule has 1 aromatic carbocycles. The van der Waals surface area contributed by atoms with Crippen LogP contribution in [0.3, 0.4) is 0 Å². The van der Waals surface area contributed by atoms with Gasteiger partial charge in [-0.3, -0.25) is 0 Å². The third-order valence-corrected chi connectivity index (χ3v) is 3.14. The van der Waals surface area contributed by atoms with Crippen molar-refractivity contribution in [1.29, 1.82) is 0 Å². The topological polar surface area (TPSA) is 12.0 Å². The van der Waals surface area contributed by atoms with Crippen LogP contribution in [0, 0.1) is 12.7 Å². The Morgan fingerprint density at radius 2 is 2.29 bits per heavy atom. The summed E-state index contributed by atoms with van der Waals surface area (Å²) in [6, 6.07) is 3.89. The van der Waals surface area contributed by atoms with Crippen molar-refractivity contribution >= 4 is 15.9 Å². The summed E-state index contributed by atoms with van der Waals surface area (Å²) in [4.78, 5) is 0. The van der Waals surface area contributed by atoms with E-state index in [1.807, 2.05) is 12.1 Å². The summed E-state index contributed by atoms with van der Waals surface area (Å²) < 4.78 is 14.7. The van der Waals surface area contributed by atoms with Crippen molar-refractivity contribution in [3.8, 4) is 0 Å². The number of halogens is 2. The molecule has 3 heteroatoms. The van der Waals surface area contributed by atoms with E-state index in [-0.39, 0.29) is 11.9 Å². The van der Waals surface area contributed by atoms with Gasteiger partial charge in [0.05, 0.1) is 0 Å². The van der Waals surface area contributed by atoms with E-state index >= 15 is 0 Å². The van der Waals surface area contributed by atoms with Crippen molar-refractivity contribution in [2.45, 2.75) is 25.8 Å². The highest BCUT2D eigenvalue weighted by Gasteiger charge is 2.20. The second-order valence-electron chi connectivity index (χ2n) is 3.77. The van der Waals surface area contributed by atoms with Gasteiger partial charge < -0.3 is 5.32 Å². The normalized spacial score (nSPS) is 21.5. The molecule has 1 heterocycles. The van der Waals surface area contributed by atoms with Crippen molar-refractivity contribution in [2.75, 3.05) is 6.54 Å². The molecule has 0 bridgehead atoms. The Hall–Kier alpha value is -0.410. The zero-order valence-electron chi connectivity index (χ0n) is 8.11. The molecule has 0 unspecified atom stereocenters. The van der Waals surface area contributed by atoms with Gasteiger partial charge in [-0.25, -0.2) is 4.39 Å². The largest absolute Gasteiger partial charge is 0.310 e. The summed E-state index contributed by atoms with van der Waals surface area (Å²) in [5.41, 5.74) is 1.51. The van der Waals surface area contributed by atoms with Crippen LogP contribution in [0.15, 0.2) is 16.6 Å². The Kier molecular flexibility index (Phi) is 2.88. The zero-order valence-corrected chi connectivity index (χ0v) is 9.70. The zero-order chi connectivity index (χ0) is 10.1. The van der Waals surface area contributed by atoms with E-state index in [0.29, 0.717) is 5.56 Å². The molecule has 1 saturated heterocycles. The summed E-state index contributed by atoms with van der Waals surface area (Å²) in [6.45, 7) is 2.80. The molecule has 1 aliphatic rings. The van der Waals surface area contributed by atoms with Gasteiger partial charge in [0.25, 0.3) is 0 Å². The van der Waals surface area contributed by atoms with E-state index in [1.165, 1.54) is 0 Å². The van der Waals surface area contributed by atoms with Crippen LogP contribution >= 0.6 is 15.9 Å². The molecular weight excluding hydrogens is 245 g/mol. The van der Waals surface area contributed by atoms with Crippen molar-refractivity contribution in [2.24, 2.45) is 0 Å². The van der Waals surface area contributed by atoms with Gasteiger partial charge in [0.15, 0.2) is 0 Å². The molecule has 14 heavy (non-hydrogen) atoms. The maximum atomic E-state index is 13.8. The van der Waals surface area contributed by atoms with Crippen LogP contribution in [0.2, 0.25) is 0 Å². The summed E-state index contributed by atoms with van der Waals surface area (Å²) >= 11 is 3.40. The maximum absolute atomic E-state index is 13.8. The quantitative estimate of drug-likeness (QED) is 0.814. The monoisotopic (exact) mass is 257 g/mol. The van der Waals surface area contributed by atoms with E-state index < -0.39 is 0 Å². The van der Waals surface area contributed by atoms with Crippen LogP contribution in [0.25, 0.3) is 0 Å². The lowest BCUT2D eigenvalue weighted by Crippen LogP contribution is -2.14. The first kappa shape index (κ1) is 10.1. The highest BCUT2D eigenvalue weighted by atomic mass is 79.9. The fraction of sp³-hybridized carbons (Fsp3) is 0.455. The molecule has 0 spiro atoms. The lowest BCUT2D eigenvalue weighted by atomic mass is 10.0. The van der Waals surface area contributed by atoms with Gasteiger partial charge in [-0.05, 0) is 44.0 Å². The second-order valence-corrected chi connectivity index (χ2v) is 4.69. The smallest absolute Gasteiger partial charge is 0.130 e. The van der Waals surface area contributed by atoms with Gasteiger partial charge in [-0.1, -0.05) is 15.9 Å². The molecule has 76 valence electrons. The molecule has 1 aliphatic heterocycles. The highest BCUT2D eigenvalue weighted by Crippen LogP contribution is 2.29. The van der Waals surface area contributed by atoms with Crippen molar-refractivity contribution in [3.05, 3.63) is 33.5 Å². The highest BCUT2D eigenvalue weighted by molar-refractivity contribution is 9.10. The van der Waals surface area contributed by atoms with Crippen molar-refractivity contribution < 1.29 is 4.39 Å². The first-order valence-electron chi connectivity index (χ1n) is 4.87. The summed E-state index contributed by atoms with van der Waals surface area (Å²) in [7, 11) is 0. The summed E-state index contributed by atoms with van der Waals surface area (Å²) in [5.74, 6) is -0.0624. The van der Waals surface area contributed by atoms with Crippen LogP contribution in [-0.2, 0) is 0 Å². The summed E-state index contributed by atoms with van der Waals surface area (Å²) in [5, 5.41) is 3.31. The standard InChI is InChI=1S/C11H13BrFN/c1-7-5-8(12)6-9(11(7)13)10-3-2-4-14-10/h5-6,10,14H,2-4H2,1H3/t10-/m0/s1. The van der Waals surface area contributed by atoms with Gasteiger partial charge in [-0.2, -0.15) is 0 Å². The van der Waals surface area contributed by atoms with Crippen LogP contribution < -0.4 is 5.32 Å². The minimum absolute atomic E-state index is 0.0624. The first-order chi connectivity index (χ1) is 6.68. The predicted molar refractivity (Wildman–Crippen MR) is 58.8 cm³/mol. The molecule has 0 aromatic heterocycles. The van der Waals surface area contributed by atoms with E-state index in [9.17, 15) is 4.39 Å². The fourth-order valence-corrected chi connectivity index (χ4v) is 2.55. The molecule has 1 aromatic rings. The molecule has 1 N–H and O–H groups in total. The van der Waals surface area contributed by atoms with Crippen LogP contribution in [0.5, 0.6) is 0 Å². The van der Waals surface area contributed by atoms with Gasteiger partial charge in [0, 0.05) is 16.1 Å². The minimum atomic E-state index is -0.0624. The number of aryl methyl sites for hydroxylation is 1. The average molecular weight is 258 g/mol. The Morgan fingerprint density at radius 3 is 2.93 bits per heavy atom. The minimum Gasteiger partial charge on any atom is -0.310 e. The van der Waals surface area contributed by atoms with Crippen molar-refractivity contribution in [1.82, 2.24) is 5.32 Å². The molecule has 2 rings (SSSR count). The van der Waals surface area contributed by atoms with Crippen LogP contribution in [-0.4, -0.2) is 6.54 Å².